The van der Waals surface area contributed by atoms with E-state index in [1.807, 2.05) is 61.1 Å². The van der Waals surface area contributed by atoms with Crippen molar-refractivity contribution in [1.82, 2.24) is 4.98 Å². The van der Waals surface area contributed by atoms with E-state index in [9.17, 15) is 0 Å². The van der Waals surface area contributed by atoms with Crippen LogP contribution < -0.4 is 4.57 Å². The molecule has 2 aromatic heterocycles. The summed E-state index contributed by atoms with van der Waals surface area (Å²) >= 11 is 0. The van der Waals surface area contributed by atoms with Crippen LogP contribution in [0.5, 0.6) is 0 Å². The van der Waals surface area contributed by atoms with Crippen molar-refractivity contribution in [1.29, 1.82) is 0 Å². The number of rotatable bonds is 1. The van der Waals surface area contributed by atoms with Gasteiger partial charge in [-0.15, -0.1) is 0 Å². The van der Waals surface area contributed by atoms with Gasteiger partial charge in [0.25, 0.3) is 0 Å². The van der Waals surface area contributed by atoms with Crippen molar-refractivity contribution < 1.29 is 4.57 Å². The van der Waals surface area contributed by atoms with E-state index in [1.165, 1.54) is 5.39 Å². The second-order valence-electron chi connectivity index (χ2n) is 3.63. The van der Waals surface area contributed by atoms with Crippen molar-refractivity contribution in [2.45, 2.75) is 0 Å². The number of nitrogens with zero attached hydrogens (tertiary/aromatic N) is 2. The Morgan fingerprint density at radius 1 is 0.812 bits per heavy atom. The van der Waals surface area contributed by atoms with E-state index in [0.717, 1.165) is 11.2 Å². The molecule has 0 aliphatic carbocycles. The van der Waals surface area contributed by atoms with E-state index in [-0.39, 0.29) is 0 Å². The van der Waals surface area contributed by atoms with Gasteiger partial charge in [0.2, 0.25) is 5.69 Å². The Kier molecular flexibility index (Phi) is 2.11. The van der Waals surface area contributed by atoms with Gasteiger partial charge in [-0.1, -0.05) is 18.2 Å². The molecule has 3 aromatic rings. The summed E-state index contributed by atoms with van der Waals surface area (Å²) in [4.78, 5) is 4.35. The third-order valence-electron chi connectivity index (χ3n) is 2.62. The lowest BCUT2D eigenvalue weighted by Gasteiger charge is -1.99. The van der Waals surface area contributed by atoms with E-state index in [2.05, 4.69) is 15.6 Å². The van der Waals surface area contributed by atoms with Crippen LogP contribution in [0.3, 0.4) is 0 Å². The van der Waals surface area contributed by atoms with Gasteiger partial charge >= 0.3 is 0 Å². The van der Waals surface area contributed by atoms with E-state index < -0.39 is 0 Å². The molecule has 0 atom stereocenters. The van der Waals surface area contributed by atoms with Gasteiger partial charge in [-0.05, 0) is 12.1 Å². The average Bonchev–Trinajstić information content (AvgIpc) is 2.39. The zero-order chi connectivity index (χ0) is 10.8. The average molecular weight is 207 g/mol. The quantitative estimate of drug-likeness (QED) is 0.560. The summed E-state index contributed by atoms with van der Waals surface area (Å²) in [6.07, 6.45) is 5.93. The first-order chi connectivity index (χ1) is 7.95. The molecule has 16 heavy (non-hydrogen) atoms. The Morgan fingerprint density at radius 2 is 1.62 bits per heavy atom. The zero-order valence-electron chi connectivity index (χ0n) is 8.75. The molecule has 0 fully saturated rings. The second kappa shape index (κ2) is 3.74. The van der Waals surface area contributed by atoms with Crippen LogP contribution >= 0.6 is 0 Å². The highest BCUT2D eigenvalue weighted by atomic mass is 14.9. The molecule has 0 saturated heterocycles. The molecule has 2 nitrogen and oxygen atoms in total. The Morgan fingerprint density at radius 3 is 2.50 bits per heavy atom. The molecule has 0 saturated carbocycles. The number of benzene rings is 1. The van der Waals surface area contributed by atoms with Gasteiger partial charge in [-0.3, -0.25) is 4.98 Å². The van der Waals surface area contributed by atoms with Gasteiger partial charge in [-0.2, -0.15) is 4.57 Å². The molecule has 3 rings (SSSR count). The predicted octanol–water partition coefficient (Wildman–Crippen LogP) is 2.51. The minimum Gasteiger partial charge on any atom is -0.256 e. The lowest BCUT2D eigenvalue weighted by molar-refractivity contribution is -0.594. The molecule has 2 heteroatoms. The largest absolute Gasteiger partial charge is 0.256 e. The Balaban J connectivity index is 2.32. The van der Waals surface area contributed by atoms with Crippen LogP contribution in [-0.2, 0) is 0 Å². The summed E-state index contributed by atoms with van der Waals surface area (Å²) in [6, 6.07) is 16.3. The summed E-state index contributed by atoms with van der Waals surface area (Å²) in [5, 5.41) is 1.17. The summed E-state index contributed by atoms with van der Waals surface area (Å²) in [5.74, 6) is 0. The second-order valence-corrected chi connectivity index (χ2v) is 3.63. The molecule has 0 amide bonds. The van der Waals surface area contributed by atoms with Crippen molar-refractivity contribution in [2.75, 3.05) is 0 Å². The van der Waals surface area contributed by atoms with Crippen LogP contribution in [0.1, 0.15) is 0 Å². The van der Waals surface area contributed by atoms with Crippen LogP contribution in [0.15, 0.2) is 67.1 Å². The highest BCUT2D eigenvalue weighted by Gasteiger charge is 2.09. The molecular weight excluding hydrogens is 196 g/mol. The lowest BCUT2D eigenvalue weighted by atomic mass is 10.2. The summed E-state index contributed by atoms with van der Waals surface area (Å²) in [6.45, 7) is 0. The van der Waals surface area contributed by atoms with Crippen LogP contribution in [0, 0.1) is 0 Å². The number of pyridine rings is 2. The molecule has 1 aromatic carbocycles. The van der Waals surface area contributed by atoms with Crippen LogP contribution in [-0.4, -0.2) is 4.98 Å². The summed E-state index contributed by atoms with van der Waals surface area (Å²) in [7, 11) is 0. The van der Waals surface area contributed by atoms with E-state index >= 15 is 0 Å². The van der Waals surface area contributed by atoms with E-state index in [4.69, 9.17) is 0 Å². The lowest BCUT2D eigenvalue weighted by Crippen LogP contribution is -2.29. The van der Waals surface area contributed by atoms with Crippen LogP contribution in [0.4, 0.5) is 0 Å². The van der Waals surface area contributed by atoms with Crippen molar-refractivity contribution in [3.8, 4) is 5.69 Å². The Labute approximate surface area is 93.8 Å². The number of aromatic nitrogens is 2. The monoisotopic (exact) mass is 207 g/mol. The van der Waals surface area contributed by atoms with Gasteiger partial charge in [0.1, 0.15) is 0 Å². The summed E-state index contributed by atoms with van der Waals surface area (Å²) < 4.78 is 2.10. The predicted molar refractivity (Wildman–Crippen MR) is 63.3 cm³/mol. The number of para-hydroxylation sites is 1. The molecule has 0 spiro atoms. The fraction of sp³-hybridized carbons (Fsp3) is 0. The van der Waals surface area contributed by atoms with E-state index in [1.54, 1.807) is 0 Å². The van der Waals surface area contributed by atoms with Gasteiger partial charge in [-0.25, -0.2) is 0 Å². The first kappa shape index (κ1) is 9.04. The molecule has 2 heterocycles. The van der Waals surface area contributed by atoms with Crippen molar-refractivity contribution in [3.05, 3.63) is 67.1 Å². The van der Waals surface area contributed by atoms with E-state index in [0.29, 0.717) is 0 Å². The fourth-order valence-corrected chi connectivity index (χ4v) is 1.87. The highest BCUT2D eigenvalue weighted by Crippen LogP contribution is 2.15. The minimum atomic E-state index is 1.02. The maximum absolute atomic E-state index is 4.35. The Hall–Kier alpha value is -2.22. The van der Waals surface area contributed by atoms with Crippen molar-refractivity contribution >= 4 is 10.9 Å². The van der Waals surface area contributed by atoms with Crippen molar-refractivity contribution in [3.63, 3.8) is 0 Å². The molecule has 0 aliphatic heterocycles. The van der Waals surface area contributed by atoms with Gasteiger partial charge in [0.05, 0.1) is 10.9 Å². The fourth-order valence-electron chi connectivity index (χ4n) is 1.87. The molecule has 0 N–H and O–H groups in total. The maximum Gasteiger partial charge on any atom is 0.221 e. The third-order valence-corrected chi connectivity index (χ3v) is 2.62. The molecule has 0 bridgehead atoms. The Bertz CT molecular complexity index is 612. The van der Waals surface area contributed by atoms with Gasteiger partial charge in [0.15, 0.2) is 12.4 Å². The first-order valence-electron chi connectivity index (χ1n) is 5.25. The molecular formula is C14H11N2+. The third kappa shape index (κ3) is 1.44. The number of fused-ring (bicyclic) bond motifs is 1. The van der Waals surface area contributed by atoms with Crippen LogP contribution in [0.25, 0.3) is 16.6 Å². The molecule has 76 valence electrons. The SMILES string of the molecule is c1cc[n+](-c2ccnc3ccccc23)cc1. The topological polar surface area (TPSA) is 16.8 Å². The number of hydrogen-bond donors (Lipinski definition) is 0. The summed E-state index contributed by atoms with van der Waals surface area (Å²) in [5.41, 5.74) is 2.18. The van der Waals surface area contributed by atoms with Crippen LogP contribution in [0.2, 0.25) is 0 Å². The number of hydrogen-bond acceptors (Lipinski definition) is 1. The standard InChI is InChI=1S/C14H11N2/c1-4-10-16(11-5-1)14-8-9-15-13-7-3-2-6-12(13)14/h1-11H/q+1. The van der Waals surface area contributed by atoms with Gasteiger partial charge in [0, 0.05) is 24.4 Å². The molecule has 0 aliphatic rings. The smallest absolute Gasteiger partial charge is 0.221 e. The van der Waals surface area contributed by atoms with Crippen molar-refractivity contribution in [2.24, 2.45) is 0 Å². The zero-order valence-corrected chi connectivity index (χ0v) is 8.75. The molecule has 0 radical (unpaired) electrons. The normalized spacial score (nSPS) is 10.5. The minimum absolute atomic E-state index is 1.02. The maximum atomic E-state index is 4.35. The van der Waals surface area contributed by atoms with Gasteiger partial charge < -0.3 is 0 Å². The first-order valence-corrected chi connectivity index (χ1v) is 5.25. The highest BCUT2D eigenvalue weighted by molar-refractivity contribution is 5.84. The molecule has 0 unspecified atom stereocenters.